The van der Waals surface area contributed by atoms with Gasteiger partial charge in [-0.05, 0) is 13.8 Å². The largest absolute Gasteiger partial charge is 0.381 e. The Kier molecular flexibility index (Phi) is 3.25. The summed E-state index contributed by atoms with van der Waals surface area (Å²) in [4.78, 5) is 0. The number of hydrogen-bond acceptors (Lipinski definition) is 2. The quantitative estimate of drug-likeness (QED) is 0.443. The van der Waals surface area contributed by atoms with Crippen molar-refractivity contribution in [1.29, 1.82) is 0 Å². The molecule has 2 N–H and O–H groups in total. The fourth-order valence-corrected chi connectivity index (χ4v) is 0.209. The standard InChI is InChI=1S/C6H9O2/c1-5(7)3-4-6(2)8/h5,7-8H,1-2H3. The van der Waals surface area contributed by atoms with Gasteiger partial charge < -0.3 is 10.2 Å². The monoisotopic (exact) mass is 113 g/mol. The van der Waals surface area contributed by atoms with E-state index in [-0.39, 0.29) is 6.10 Å². The third-order valence-electron chi connectivity index (χ3n) is 0.462. The predicted octanol–water partition coefficient (Wildman–Crippen LogP) is 0.295. The minimum atomic E-state index is -0.655. The molecule has 2 nitrogen and oxygen atoms in total. The number of aliphatic hydroxyl groups excluding tert-OH is 2. The zero-order valence-electron chi connectivity index (χ0n) is 4.97. The Balaban J connectivity index is 3.50. The van der Waals surface area contributed by atoms with Crippen LogP contribution in [0.1, 0.15) is 13.8 Å². The summed E-state index contributed by atoms with van der Waals surface area (Å²) in [5.74, 6) is 4.68. The van der Waals surface area contributed by atoms with Gasteiger partial charge in [0.05, 0.1) is 0 Å². The van der Waals surface area contributed by atoms with Crippen molar-refractivity contribution in [1.82, 2.24) is 0 Å². The summed E-state index contributed by atoms with van der Waals surface area (Å²) < 4.78 is 0. The molecule has 0 bridgehead atoms. The minimum Gasteiger partial charge on any atom is -0.381 e. The molecule has 0 aromatic carbocycles. The van der Waals surface area contributed by atoms with Gasteiger partial charge >= 0.3 is 0 Å². The minimum absolute atomic E-state index is 0.0332. The summed E-state index contributed by atoms with van der Waals surface area (Å²) in [6.45, 7) is 3.01. The highest BCUT2D eigenvalue weighted by molar-refractivity contribution is 5.14. The second kappa shape index (κ2) is 3.48. The average molecular weight is 113 g/mol. The number of hydrogen-bond donors (Lipinski definition) is 2. The van der Waals surface area contributed by atoms with Crippen LogP contribution in [0.4, 0.5) is 0 Å². The molecule has 0 heterocycles. The molecule has 0 amide bonds. The van der Waals surface area contributed by atoms with Gasteiger partial charge in [0.2, 0.25) is 0 Å². The van der Waals surface area contributed by atoms with Crippen LogP contribution in [0.2, 0.25) is 0 Å². The summed E-state index contributed by atoms with van der Waals surface area (Å²) in [6, 6.07) is 0. The van der Waals surface area contributed by atoms with E-state index < -0.39 is 6.10 Å². The lowest BCUT2D eigenvalue weighted by Gasteiger charge is -1.88. The summed E-state index contributed by atoms with van der Waals surface area (Å²) in [5.41, 5.74) is 0. The van der Waals surface area contributed by atoms with Crippen LogP contribution in [-0.4, -0.2) is 16.3 Å². The number of rotatable bonds is 0. The second-order valence-electron chi connectivity index (χ2n) is 1.53. The molecule has 0 aromatic heterocycles. The van der Waals surface area contributed by atoms with E-state index in [4.69, 9.17) is 10.2 Å². The smallest absolute Gasteiger partial charge is 0.162 e. The van der Waals surface area contributed by atoms with E-state index in [1.807, 2.05) is 0 Å². The summed E-state index contributed by atoms with van der Waals surface area (Å²) >= 11 is 0. The van der Waals surface area contributed by atoms with Gasteiger partial charge in [0.15, 0.2) is 6.10 Å². The first-order chi connectivity index (χ1) is 3.63. The Morgan fingerprint density at radius 2 is 2.12 bits per heavy atom. The Morgan fingerprint density at radius 1 is 1.62 bits per heavy atom. The van der Waals surface area contributed by atoms with Gasteiger partial charge in [0.1, 0.15) is 6.10 Å². The van der Waals surface area contributed by atoms with Crippen molar-refractivity contribution in [3.63, 3.8) is 0 Å². The molecule has 0 aliphatic carbocycles. The van der Waals surface area contributed by atoms with E-state index >= 15 is 0 Å². The highest BCUT2D eigenvalue weighted by atomic mass is 16.3. The van der Waals surface area contributed by atoms with Crippen LogP contribution in [-0.2, 0) is 0 Å². The molecular formula is C6H9O2. The molecule has 0 saturated carbocycles. The molecular weight excluding hydrogens is 104 g/mol. The third-order valence-corrected chi connectivity index (χ3v) is 0.462. The molecule has 1 unspecified atom stereocenters. The predicted molar refractivity (Wildman–Crippen MR) is 30.3 cm³/mol. The highest BCUT2D eigenvalue weighted by Gasteiger charge is 1.86. The van der Waals surface area contributed by atoms with Gasteiger partial charge in [0.25, 0.3) is 0 Å². The fraction of sp³-hybridized carbons (Fsp3) is 0.500. The van der Waals surface area contributed by atoms with Gasteiger partial charge in [-0.1, -0.05) is 11.8 Å². The lowest BCUT2D eigenvalue weighted by atomic mass is 10.3. The van der Waals surface area contributed by atoms with Crippen LogP contribution in [0.5, 0.6) is 0 Å². The molecule has 0 rings (SSSR count). The first kappa shape index (κ1) is 7.48. The first-order valence-electron chi connectivity index (χ1n) is 2.35. The van der Waals surface area contributed by atoms with Crippen LogP contribution >= 0.6 is 0 Å². The van der Waals surface area contributed by atoms with Crippen LogP contribution < -0.4 is 0 Å². The fourth-order valence-electron chi connectivity index (χ4n) is 0.209. The lowest BCUT2D eigenvalue weighted by molar-refractivity contribution is 0.253. The van der Waals surface area contributed by atoms with Crippen LogP contribution in [0.3, 0.4) is 0 Å². The van der Waals surface area contributed by atoms with E-state index in [1.165, 1.54) is 13.8 Å². The van der Waals surface area contributed by atoms with E-state index in [1.54, 1.807) is 0 Å². The maximum absolute atomic E-state index is 8.50. The Morgan fingerprint density at radius 3 is 2.25 bits per heavy atom. The maximum Gasteiger partial charge on any atom is 0.162 e. The SMILES string of the molecule is C[C](O)C#CC(C)O. The molecule has 45 valence electrons. The Hall–Kier alpha value is -0.520. The van der Waals surface area contributed by atoms with Gasteiger partial charge in [-0.2, -0.15) is 0 Å². The molecule has 0 aliphatic heterocycles. The van der Waals surface area contributed by atoms with Gasteiger partial charge in [-0.15, -0.1) is 0 Å². The molecule has 1 atom stereocenters. The van der Waals surface area contributed by atoms with E-state index in [0.717, 1.165) is 0 Å². The molecule has 0 aromatic rings. The van der Waals surface area contributed by atoms with Gasteiger partial charge in [-0.25, -0.2) is 0 Å². The van der Waals surface area contributed by atoms with Crippen molar-refractivity contribution in [2.24, 2.45) is 0 Å². The van der Waals surface area contributed by atoms with Crippen molar-refractivity contribution in [3.8, 4) is 11.8 Å². The summed E-state index contributed by atoms with van der Waals surface area (Å²) in [5, 5.41) is 16.9. The van der Waals surface area contributed by atoms with Crippen LogP contribution in [0.25, 0.3) is 0 Å². The average Bonchev–Trinajstić information content (AvgIpc) is 1.61. The Labute approximate surface area is 49.2 Å². The van der Waals surface area contributed by atoms with Gasteiger partial charge in [0, 0.05) is 0 Å². The summed E-state index contributed by atoms with van der Waals surface area (Å²) in [6.07, 6.45) is -0.622. The summed E-state index contributed by atoms with van der Waals surface area (Å²) in [7, 11) is 0. The Bertz CT molecular complexity index is 93.4. The van der Waals surface area contributed by atoms with E-state index in [9.17, 15) is 0 Å². The van der Waals surface area contributed by atoms with E-state index in [0.29, 0.717) is 0 Å². The van der Waals surface area contributed by atoms with Crippen molar-refractivity contribution in [2.45, 2.75) is 20.0 Å². The third kappa shape index (κ3) is 5.48. The molecule has 1 radical (unpaired) electrons. The first-order valence-corrected chi connectivity index (χ1v) is 2.35. The zero-order valence-corrected chi connectivity index (χ0v) is 4.97. The topological polar surface area (TPSA) is 40.5 Å². The number of aliphatic hydroxyl groups is 2. The molecule has 0 spiro atoms. The maximum atomic E-state index is 8.50. The normalized spacial score (nSPS) is 12.6. The van der Waals surface area contributed by atoms with Crippen molar-refractivity contribution < 1.29 is 10.2 Å². The molecule has 0 aliphatic rings. The lowest BCUT2D eigenvalue weighted by Crippen LogP contribution is -1.94. The molecule has 2 heteroatoms. The highest BCUT2D eigenvalue weighted by Crippen LogP contribution is 1.84. The van der Waals surface area contributed by atoms with Crippen molar-refractivity contribution in [2.75, 3.05) is 0 Å². The van der Waals surface area contributed by atoms with Crippen LogP contribution in [0, 0.1) is 17.9 Å². The molecule has 8 heavy (non-hydrogen) atoms. The second-order valence-corrected chi connectivity index (χ2v) is 1.53. The van der Waals surface area contributed by atoms with E-state index in [2.05, 4.69) is 11.8 Å². The molecule has 0 saturated heterocycles. The van der Waals surface area contributed by atoms with Crippen LogP contribution in [0.15, 0.2) is 0 Å². The van der Waals surface area contributed by atoms with Gasteiger partial charge in [-0.3, -0.25) is 0 Å². The van der Waals surface area contributed by atoms with Crippen molar-refractivity contribution >= 4 is 0 Å². The van der Waals surface area contributed by atoms with Crippen molar-refractivity contribution in [3.05, 3.63) is 6.10 Å². The molecule has 0 fully saturated rings. The zero-order chi connectivity index (χ0) is 6.57.